The number of ketones is 2. The van der Waals surface area contributed by atoms with E-state index >= 15 is 0 Å². The lowest BCUT2D eigenvalue weighted by Gasteiger charge is -2.30. The normalized spacial score (nSPS) is 25.5. The van der Waals surface area contributed by atoms with Crippen LogP contribution in [0.15, 0.2) is 12.7 Å². The van der Waals surface area contributed by atoms with Crippen LogP contribution in [0.4, 0.5) is 0 Å². The standard InChI is InChI=1S/C11H14N2O2/c1-2-6-11(10(15)8-13-12)7-4-3-5-9(11)14/h2,8H,1,3-7H2. The van der Waals surface area contributed by atoms with Gasteiger partial charge in [0.15, 0.2) is 0 Å². The van der Waals surface area contributed by atoms with E-state index in [1.54, 1.807) is 6.08 Å². The Morgan fingerprint density at radius 2 is 2.33 bits per heavy atom. The van der Waals surface area contributed by atoms with E-state index in [9.17, 15) is 9.59 Å². The number of hydrogen-bond acceptors (Lipinski definition) is 2. The van der Waals surface area contributed by atoms with Gasteiger partial charge >= 0.3 is 6.21 Å². The van der Waals surface area contributed by atoms with Gasteiger partial charge in [-0.15, -0.1) is 6.58 Å². The van der Waals surface area contributed by atoms with E-state index in [1.807, 2.05) is 0 Å². The van der Waals surface area contributed by atoms with Gasteiger partial charge in [0.2, 0.25) is 5.78 Å². The second-order valence-corrected chi connectivity index (χ2v) is 3.81. The van der Waals surface area contributed by atoms with Crippen LogP contribution >= 0.6 is 0 Å². The Bertz CT molecular complexity index is 342. The minimum Gasteiger partial charge on any atom is -0.361 e. The highest BCUT2D eigenvalue weighted by atomic mass is 16.2. The van der Waals surface area contributed by atoms with Crippen molar-refractivity contribution >= 4 is 17.8 Å². The molecular formula is C11H14N2O2. The third kappa shape index (κ3) is 2.10. The second kappa shape index (κ2) is 4.80. The molecular weight excluding hydrogens is 192 g/mol. The third-order valence-electron chi connectivity index (χ3n) is 2.93. The molecule has 0 bridgehead atoms. The van der Waals surface area contributed by atoms with Gasteiger partial charge in [-0.1, -0.05) is 12.5 Å². The van der Waals surface area contributed by atoms with Crippen LogP contribution in [-0.4, -0.2) is 22.6 Å². The molecule has 1 unspecified atom stereocenters. The molecule has 1 saturated carbocycles. The monoisotopic (exact) mass is 206 g/mol. The highest BCUT2D eigenvalue weighted by Gasteiger charge is 2.46. The first kappa shape index (κ1) is 11.5. The Balaban J connectivity index is 3.04. The van der Waals surface area contributed by atoms with Gasteiger partial charge in [0.05, 0.1) is 0 Å². The summed E-state index contributed by atoms with van der Waals surface area (Å²) in [4.78, 5) is 26.3. The molecule has 1 aliphatic carbocycles. The average molecular weight is 206 g/mol. The maximum Gasteiger partial charge on any atom is 0.324 e. The summed E-state index contributed by atoms with van der Waals surface area (Å²) in [5.74, 6) is -0.465. The zero-order valence-corrected chi connectivity index (χ0v) is 8.61. The first-order valence-electron chi connectivity index (χ1n) is 5.03. The zero-order chi connectivity index (χ0) is 11.3. The van der Waals surface area contributed by atoms with E-state index in [4.69, 9.17) is 5.53 Å². The van der Waals surface area contributed by atoms with Gasteiger partial charge in [-0.05, 0) is 19.3 Å². The summed E-state index contributed by atoms with van der Waals surface area (Å²) in [6.45, 7) is 3.57. The number of allylic oxidation sites excluding steroid dienone is 1. The van der Waals surface area contributed by atoms with Gasteiger partial charge in [-0.3, -0.25) is 9.59 Å². The smallest absolute Gasteiger partial charge is 0.324 e. The van der Waals surface area contributed by atoms with Gasteiger partial charge in [-0.25, -0.2) is 0 Å². The maximum atomic E-state index is 11.8. The molecule has 0 N–H and O–H groups in total. The summed E-state index contributed by atoms with van der Waals surface area (Å²) in [6, 6.07) is 0. The fourth-order valence-corrected chi connectivity index (χ4v) is 2.09. The van der Waals surface area contributed by atoms with Crippen molar-refractivity contribution in [2.75, 3.05) is 0 Å². The van der Waals surface area contributed by atoms with Crippen LogP contribution in [0.5, 0.6) is 0 Å². The van der Waals surface area contributed by atoms with Crippen molar-refractivity contribution in [3.63, 3.8) is 0 Å². The molecule has 0 saturated heterocycles. The molecule has 1 rings (SSSR count). The van der Waals surface area contributed by atoms with Crippen LogP contribution in [0.1, 0.15) is 32.1 Å². The number of Topliss-reactive ketones (excluding diaryl/α,β-unsaturated/α-hetero) is 2. The molecule has 0 aliphatic heterocycles. The number of carbonyl (C=O) groups excluding carboxylic acids is 2. The number of carbonyl (C=O) groups is 2. The van der Waals surface area contributed by atoms with Crippen molar-refractivity contribution in [2.24, 2.45) is 5.41 Å². The molecule has 0 aromatic heterocycles. The predicted molar refractivity (Wildman–Crippen MR) is 55.4 cm³/mol. The van der Waals surface area contributed by atoms with Crippen LogP contribution in [-0.2, 0) is 9.59 Å². The molecule has 0 amide bonds. The SMILES string of the molecule is C=CCC1(C(=O)C=[N+]=[N-])CCCCC1=O. The summed E-state index contributed by atoms with van der Waals surface area (Å²) in [6.07, 6.45) is 5.38. The quantitative estimate of drug-likeness (QED) is 0.230. The molecule has 0 heterocycles. The predicted octanol–water partition coefficient (Wildman–Crippen LogP) is 1.56. The summed E-state index contributed by atoms with van der Waals surface area (Å²) < 4.78 is 0. The molecule has 80 valence electrons. The Morgan fingerprint density at radius 3 is 2.87 bits per heavy atom. The van der Waals surface area contributed by atoms with Crippen molar-refractivity contribution < 1.29 is 14.4 Å². The highest BCUT2D eigenvalue weighted by molar-refractivity contribution is 6.33. The lowest BCUT2D eigenvalue weighted by atomic mass is 9.68. The third-order valence-corrected chi connectivity index (χ3v) is 2.93. The topological polar surface area (TPSA) is 70.5 Å². The molecule has 4 nitrogen and oxygen atoms in total. The molecule has 15 heavy (non-hydrogen) atoms. The fourth-order valence-electron chi connectivity index (χ4n) is 2.09. The van der Waals surface area contributed by atoms with Crippen LogP contribution < -0.4 is 0 Å². The number of nitrogens with zero attached hydrogens (tertiary/aromatic N) is 2. The van der Waals surface area contributed by atoms with Gasteiger partial charge in [0.1, 0.15) is 11.2 Å². The van der Waals surface area contributed by atoms with Crippen molar-refractivity contribution in [3.8, 4) is 0 Å². The van der Waals surface area contributed by atoms with Crippen molar-refractivity contribution in [1.82, 2.24) is 0 Å². The molecule has 0 aromatic rings. The zero-order valence-electron chi connectivity index (χ0n) is 8.61. The number of rotatable bonds is 4. The van der Waals surface area contributed by atoms with Crippen molar-refractivity contribution in [2.45, 2.75) is 32.1 Å². The van der Waals surface area contributed by atoms with Gasteiger partial charge in [-0.2, -0.15) is 4.79 Å². The maximum absolute atomic E-state index is 11.8. The molecule has 0 radical (unpaired) electrons. The van der Waals surface area contributed by atoms with E-state index in [0.717, 1.165) is 19.1 Å². The van der Waals surface area contributed by atoms with Gasteiger partial charge < -0.3 is 5.53 Å². The van der Waals surface area contributed by atoms with Crippen LogP contribution in [0.25, 0.3) is 5.53 Å². The van der Waals surface area contributed by atoms with E-state index < -0.39 is 11.2 Å². The minimum absolute atomic E-state index is 0.0569. The molecule has 1 atom stereocenters. The molecule has 0 spiro atoms. The van der Waals surface area contributed by atoms with Crippen molar-refractivity contribution in [3.05, 3.63) is 18.2 Å². The average Bonchev–Trinajstić information content (AvgIpc) is 2.22. The largest absolute Gasteiger partial charge is 0.361 e. The Labute approximate surface area is 88.6 Å². The van der Waals surface area contributed by atoms with Crippen LogP contribution in [0, 0.1) is 5.41 Å². The first-order chi connectivity index (χ1) is 7.17. The molecule has 4 heteroatoms. The van der Waals surface area contributed by atoms with E-state index in [0.29, 0.717) is 19.3 Å². The van der Waals surface area contributed by atoms with Gasteiger partial charge in [0, 0.05) is 6.42 Å². The molecule has 1 fully saturated rings. The van der Waals surface area contributed by atoms with E-state index in [-0.39, 0.29) is 5.78 Å². The fraction of sp³-hybridized carbons (Fsp3) is 0.545. The van der Waals surface area contributed by atoms with E-state index in [2.05, 4.69) is 11.4 Å². The minimum atomic E-state index is -1.01. The first-order valence-corrected chi connectivity index (χ1v) is 5.03. The summed E-state index contributed by atoms with van der Waals surface area (Å²) in [7, 11) is 0. The van der Waals surface area contributed by atoms with Crippen LogP contribution in [0.3, 0.4) is 0 Å². The Morgan fingerprint density at radius 1 is 1.60 bits per heavy atom. The summed E-state index contributed by atoms with van der Waals surface area (Å²) >= 11 is 0. The van der Waals surface area contributed by atoms with Gasteiger partial charge in [0.25, 0.3) is 0 Å². The molecule has 1 aliphatic rings. The van der Waals surface area contributed by atoms with Crippen LogP contribution in [0.2, 0.25) is 0 Å². The highest BCUT2D eigenvalue weighted by Crippen LogP contribution is 2.37. The summed E-state index contributed by atoms with van der Waals surface area (Å²) in [5.41, 5.74) is 7.34. The van der Waals surface area contributed by atoms with E-state index in [1.165, 1.54) is 0 Å². The van der Waals surface area contributed by atoms with Crippen molar-refractivity contribution in [1.29, 1.82) is 0 Å². The number of hydrogen-bond donors (Lipinski definition) is 0. The lowest BCUT2D eigenvalue weighted by Crippen LogP contribution is -2.42. The second-order valence-electron chi connectivity index (χ2n) is 3.81. The lowest BCUT2D eigenvalue weighted by molar-refractivity contribution is -0.141. The molecule has 0 aromatic carbocycles. The summed E-state index contributed by atoms with van der Waals surface area (Å²) in [5, 5.41) is 0. The Hall–Kier alpha value is -1.54. The Kier molecular flexibility index (Phi) is 3.69.